The Bertz CT molecular complexity index is 640. The summed E-state index contributed by atoms with van der Waals surface area (Å²) in [5, 5.41) is 6.97. The van der Waals surface area contributed by atoms with Gasteiger partial charge in [-0.2, -0.15) is 0 Å². The highest BCUT2D eigenvalue weighted by Gasteiger charge is 2.16. The third-order valence-corrected chi connectivity index (χ3v) is 4.62. The van der Waals surface area contributed by atoms with Crippen LogP contribution in [0, 0.1) is 0 Å². The van der Waals surface area contributed by atoms with E-state index in [2.05, 4.69) is 42.7 Å². The van der Waals surface area contributed by atoms with Crippen LogP contribution in [0.1, 0.15) is 20.3 Å². The average molecular weight is 285 g/mol. The molecule has 0 aliphatic carbocycles. The molecule has 2 aromatic carbocycles. The lowest BCUT2D eigenvalue weighted by molar-refractivity contribution is 0.764. The van der Waals surface area contributed by atoms with Crippen molar-refractivity contribution in [2.75, 3.05) is 16.4 Å². The molecule has 1 unspecified atom stereocenters. The van der Waals surface area contributed by atoms with Crippen molar-refractivity contribution in [2.45, 2.75) is 36.1 Å². The smallest absolute Gasteiger partial charge is 0.0527 e. The van der Waals surface area contributed by atoms with Crippen LogP contribution in [0.2, 0.25) is 0 Å². The lowest BCUT2D eigenvalue weighted by Gasteiger charge is -2.22. The van der Waals surface area contributed by atoms with E-state index >= 15 is 0 Å². The van der Waals surface area contributed by atoms with Gasteiger partial charge in [0.25, 0.3) is 0 Å². The number of nitrogen functional groups attached to an aromatic ring is 1. The van der Waals surface area contributed by atoms with Crippen LogP contribution in [0.15, 0.2) is 46.2 Å². The molecule has 104 valence electrons. The van der Waals surface area contributed by atoms with E-state index in [1.165, 1.54) is 15.5 Å². The van der Waals surface area contributed by atoms with Gasteiger partial charge >= 0.3 is 0 Å². The molecule has 0 saturated heterocycles. The summed E-state index contributed by atoms with van der Waals surface area (Å²) in [4.78, 5) is 2.41. The number of anilines is 4. The Hall–Kier alpha value is -1.81. The number of hydrogen-bond donors (Lipinski definition) is 3. The van der Waals surface area contributed by atoms with Gasteiger partial charge in [0.1, 0.15) is 0 Å². The van der Waals surface area contributed by atoms with Crippen LogP contribution in [0.25, 0.3) is 0 Å². The zero-order chi connectivity index (χ0) is 14.1. The van der Waals surface area contributed by atoms with Gasteiger partial charge in [-0.1, -0.05) is 18.7 Å². The molecule has 4 N–H and O–H groups in total. The highest BCUT2D eigenvalue weighted by Crippen LogP contribution is 2.45. The minimum absolute atomic E-state index is 0.484. The molecule has 1 aliphatic rings. The molecule has 1 heterocycles. The Morgan fingerprint density at radius 1 is 1.15 bits per heavy atom. The number of hydrogen-bond acceptors (Lipinski definition) is 4. The Balaban J connectivity index is 1.89. The van der Waals surface area contributed by atoms with E-state index in [0.717, 1.165) is 23.5 Å². The molecule has 20 heavy (non-hydrogen) atoms. The second kappa shape index (κ2) is 5.29. The van der Waals surface area contributed by atoms with Crippen LogP contribution in [0.5, 0.6) is 0 Å². The molecular weight excluding hydrogens is 266 g/mol. The monoisotopic (exact) mass is 285 g/mol. The van der Waals surface area contributed by atoms with Crippen LogP contribution in [-0.4, -0.2) is 6.04 Å². The number of benzene rings is 2. The summed E-state index contributed by atoms with van der Waals surface area (Å²) in [5.41, 5.74) is 10.1. The number of fused-ring (bicyclic) bond motifs is 2. The molecule has 4 heteroatoms. The van der Waals surface area contributed by atoms with Crippen LogP contribution in [-0.2, 0) is 0 Å². The molecule has 1 aliphatic heterocycles. The maximum absolute atomic E-state index is 5.86. The third kappa shape index (κ3) is 2.56. The van der Waals surface area contributed by atoms with Crippen LogP contribution >= 0.6 is 11.8 Å². The van der Waals surface area contributed by atoms with E-state index in [9.17, 15) is 0 Å². The van der Waals surface area contributed by atoms with Crippen molar-refractivity contribution in [2.24, 2.45) is 0 Å². The second-order valence-corrected chi connectivity index (χ2v) is 6.23. The molecule has 0 aromatic heterocycles. The highest BCUT2D eigenvalue weighted by molar-refractivity contribution is 7.99. The topological polar surface area (TPSA) is 50.1 Å². The zero-order valence-electron chi connectivity index (χ0n) is 11.7. The van der Waals surface area contributed by atoms with Crippen molar-refractivity contribution in [3.8, 4) is 0 Å². The normalized spacial score (nSPS) is 13.9. The molecule has 0 bridgehead atoms. The largest absolute Gasteiger partial charge is 0.399 e. The Morgan fingerprint density at radius 3 is 2.60 bits per heavy atom. The van der Waals surface area contributed by atoms with Gasteiger partial charge in [0, 0.05) is 27.2 Å². The van der Waals surface area contributed by atoms with Gasteiger partial charge in [-0.05, 0) is 49.7 Å². The molecule has 0 amide bonds. The van der Waals surface area contributed by atoms with E-state index < -0.39 is 0 Å². The van der Waals surface area contributed by atoms with Crippen molar-refractivity contribution in [1.82, 2.24) is 0 Å². The van der Waals surface area contributed by atoms with Gasteiger partial charge in [-0.3, -0.25) is 0 Å². The van der Waals surface area contributed by atoms with Gasteiger partial charge in [-0.25, -0.2) is 0 Å². The predicted octanol–water partition coefficient (Wildman–Crippen LogP) is 4.69. The molecule has 0 radical (unpaired) electrons. The number of nitrogens with one attached hydrogen (secondary N) is 2. The van der Waals surface area contributed by atoms with Crippen molar-refractivity contribution in [3.63, 3.8) is 0 Å². The summed E-state index contributed by atoms with van der Waals surface area (Å²) in [6.45, 7) is 4.38. The summed E-state index contributed by atoms with van der Waals surface area (Å²) >= 11 is 1.76. The first-order valence-electron chi connectivity index (χ1n) is 6.90. The van der Waals surface area contributed by atoms with Crippen molar-refractivity contribution < 1.29 is 0 Å². The molecule has 2 aromatic rings. The van der Waals surface area contributed by atoms with Crippen LogP contribution in [0.3, 0.4) is 0 Å². The summed E-state index contributed by atoms with van der Waals surface area (Å²) < 4.78 is 0. The molecule has 0 spiro atoms. The van der Waals surface area contributed by atoms with Gasteiger partial charge < -0.3 is 16.4 Å². The second-order valence-electron chi connectivity index (χ2n) is 5.15. The lowest BCUT2D eigenvalue weighted by atomic mass is 10.2. The lowest BCUT2D eigenvalue weighted by Crippen LogP contribution is -2.13. The van der Waals surface area contributed by atoms with E-state index in [1.807, 2.05) is 18.2 Å². The standard InChI is InChI=1S/C16H19N3S/c1-3-10(2)18-12-5-7-14-16(9-12)20-15-8-11(17)4-6-13(15)19-14/h4-10,18-19H,3,17H2,1-2H3. The minimum atomic E-state index is 0.484. The maximum Gasteiger partial charge on any atom is 0.0527 e. The Labute approximate surface area is 124 Å². The molecular formula is C16H19N3S. The fraction of sp³-hybridized carbons (Fsp3) is 0.250. The van der Waals surface area contributed by atoms with Crippen LogP contribution in [0.4, 0.5) is 22.7 Å². The number of rotatable bonds is 3. The van der Waals surface area contributed by atoms with Gasteiger partial charge in [0.15, 0.2) is 0 Å². The Morgan fingerprint density at radius 2 is 1.85 bits per heavy atom. The predicted molar refractivity (Wildman–Crippen MR) is 88.1 cm³/mol. The maximum atomic E-state index is 5.86. The minimum Gasteiger partial charge on any atom is -0.399 e. The first-order chi connectivity index (χ1) is 9.65. The first-order valence-corrected chi connectivity index (χ1v) is 7.72. The third-order valence-electron chi connectivity index (χ3n) is 3.50. The highest BCUT2D eigenvalue weighted by atomic mass is 32.2. The fourth-order valence-electron chi connectivity index (χ4n) is 2.18. The van der Waals surface area contributed by atoms with E-state index in [4.69, 9.17) is 5.73 Å². The van der Waals surface area contributed by atoms with E-state index in [-0.39, 0.29) is 0 Å². The average Bonchev–Trinajstić information content (AvgIpc) is 2.45. The Kier molecular flexibility index (Phi) is 3.49. The molecule has 0 fully saturated rings. The van der Waals surface area contributed by atoms with Crippen LogP contribution < -0.4 is 16.4 Å². The summed E-state index contributed by atoms with van der Waals surface area (Å²) in [7, 11) is 0. The first kappa shape index (κ1) is 13.2. The summed E-state index contributed by atoms with van der Waals surface area (Å²) in [6, 6.07) is 12.9. The number of nitrogens with two attached hydrogens (primary N) is 1. The van der Waals surface area contributed by atoms with Gasteiger partial charge in [-0.15, -0.1) is 0 Å². The summed E-state index contributed by atoms with van der Waals surface area (Å²) in [5.74, 6) is 0. The van der Waals surface area contributed by atoms with Crippen molar-refractivity contribution in [1.29, 1.82) is 0 Å². The van der Waals surface area contributed by atoms with E-state index in [0.29, 0.717) is 6.04 Å². The molecule has 1 atom stereocenters. The fourth-order valence-corrected chi connectivity index (χ4v) is 3.25. The summed E-state index contributed by atoms with van der Waals surface area (Å²) in [6.07, 6.45) is 1.11. The SMILES string of the molecule is CCC(C)Nc1ccc2c(c1)Sc1cc(N)ccc1N2. The van der Waals surface area contributed by atoms with Crippen molar-refractivity contribution in [3.05, 3.63) is 36.4 Å². The van der Waals surface area contributed by atoms with Gasteiger partial charge in [0.2, 0.25) is 0 Å². The zero-order valence-corrected chi connectivity index (χ0v) is 12.6. The van der Waals surface area contributed by atoms with Gasteiger partial charge in [0.05, 0.1) is 11.4 Å². The molecule has 3 nitrogen and oxygen atoms in total. The molecule has 0 saturated carbocycles. The quantitative estimate of drug-likeness (QED) is 0.611. The van der Waals surface area contributed by atoms with Crippen molar-refractivity contribution >= 4 is 34.5 Å². The molecule has 3 rings (SSSR count). The van der Waals surface area contributed by atoms with E-state index in [1.54, 1.807) is 11.8 Å².